The highest BCUT2D eigenvalue weighted by atomic mass is 16.1. The Hall–Kier alpha value is -0.570. The van der Waals surface area contributed by atoms with Crippen molar-refractivity contribution >= 4 is 5.91 Å². The Morgan fingerprint density at radius 3 is 2.62 bits per heavy atom. The van der Waals surface area contributed by atoms with Gasteiger partial charge in [-0.1, -0.05) is 26.7 Å². The third kappa shape index (κ3) is 4.52. The van der Waals surface area contributed by atoms with Crippen molar-refractivity contribution < 1.29 is 4.79 Å². The molecular formula is C13H26N2O. The smallest absolute Gasteiger partial charge is 0.223 e. The first-order valence-corrected chi connectivity index (χ1v) is 6.79. The van der Waals surface area contributed by atoms with Crippen molar-refractivity contribution in [1.29, 1.82) is 0 Å². The lowest BCUT2D eigenvalue weighted by Gasteiger charge is -2.25. The van der Waals surface area contributed by atoms with E-state index in [4.69, 9.17) is 0 Å². The molecule has 1 atom stereocenters. The molecule has 0 aromatic carbocycles. The van der Waals surface area contributed by atoms with E-state index in [0.717, 1.165) is 45.2 Å². The van der Waals surface area contributed by atoms with Crippen molar-refractivity contribution in [3.63, 3.8) is 0 Å². The maximum absolute atomic E-state index is 12.0. The van der Waals surface area contributed by atoms with Gasteiger partial charge in [-0.25, -0.2) is 0 Å². The molecule has 16 heavy (non-hydrogen) atoms. The molecule has 1 amide bonds. The van der Waals surface area contributed by atoms with E-state index in [9.17, 15) is 4.79 Å². The Morgan fingerprint density at radius 2 is 2.06 bits per heavy atom. The summed E-state index contributed by atoms with van der Waals surface area (Å²) in [6.45, 7) is 6.37. The number of carbonyl (C=O) groups excluding carboxylic acids is 1. The fourth-order valence-corrected chi connectivity index (χ4v) is 2.26. The molecule has 1 rings (SSSR count). The number of unbranched alkanes of at least 4 members (excludes halogenated alkanes) is 1. The molecule has 0 aliphatic carbocycles. The van der Waals surface area contributed by atoms with Crippen molar-refractivity contribution in [2.24, 2.45) is 5.92 Å². The summed E-state index contributed by atoms with van der Waals surface area (Å²) in [5.74, 6) is 0.512. The van der Waals surface area contributed by atoms with Crippen molar-refractivity contribution in [2.75, 3.05) is 13.1 Å². The van der Waals surface area contributed by atoms with Crippen LogP contribution in [-0.4, -0.2) is 25.0 Å². The van der Waals surface area contributed by atoms with Gasteiger partial charge < -0.3 is 10.6 Å². The normalized spacial score (nSPS) is 19.4. The van der Waals surface area contributed by atoms with Gasteiger partial charge in [-0.3, -0.25) is 4.79 Å². The Balaban J connectivity index is 2.29. The van der Waals surface area contributed by atoms with Crippen LogP contribution in [0.15, 0.2) is 0 Å². The van der Waals surface area contributed by atoms with Crippen molar-refractivity contribution in [3.8, 4) is 0 Å². The van der Waals surface area contributed by atoms with Gasteiger partial charge in [0, 0.05) is 12.0 Å². The molecule has 1 fully saturated rings. The summed E-state index contributed by atoms with van der Waals surface area (Å²) in [7, 11) is 0. The van der Waals surface area contributed by atoms with Crippen LogP contribution in [-0.2, 0) is 4.79 Å². The average Bonchev–Trinajstić information content (AvgIpc) is 2.31. The third-order valence-electron chi connectivity index (χ3n) is 3.46. The van der Waals surface area contributed by atoms with Crippen LogP contribution >= 0.6 is 0 Å². The summed E-state index contributed by atoms with van der Waals surface area (Å²) in [6.07, 6.45) is 6.52. The highest BCUT2D eigenvalue weighted by Crippen LogP contribution is 2.14. The van der Waals surface area contributed by atoms with Crippen LogP contribution in [0.5, 0.6) is 0 Å². The van der Waals surface area contributed by atoms with Gasteiger partial charge in [0.2, 0.25) is 5.91 Å². The minimum absolute atomic E-state index is 0.231. The van der Waals surface area contributed by atoms with Crippen molar-refractivity contribution in [2.45, 2.75) is 58.4 Å². The topological polar surface area (TPSA) is 41.1 Å². The van der Waals surface area contributed by atoms with Crippen LogP contribution in [0.2, 0.25) is 0 Å². The number of amides is 1. The molecule has 0 bridgehead atoms. The molecule has 0 aromatic heterocycles. The summed E-state index contributed by atoms with van der Waals surface area (Å²) in [5, 5.41) is 6.51. The molecule has 1 saturated heterocycles. The van der Waals surface area contributed by atoms with Crippen LogP contribution in [0.3, 0.4) is 0 Å². The van der Waals surface area contributed by atoms with Gasteiger partial charge in [0.15, 0.2) is 0 Å². The number of piperidine rings is 1. The Morgan fingerprint density at radius 1 is 1.38 bits per heavy atom. The fraction of sp³-hybridized carbons (Fsp3) is 0.923. The quantitative estimate of drug-likeness (QED) is 0.728. The highest BCUT2D eigenvalue weighted by molar-refractivity contribution is 5.78. The molecule has 0 saturated carbocycles. The molecule has 94 valence electrons. The van der Waals surface area contributed by atoms with Gasteiger partial charge in [-0.2, -0.15) is 0 Å². The zero-order chi connectivity index (χ0) is 11.8. The summed E-state index contributed by atoms with van der Waals surface area (Å²) in [5.41, 5.74) is 0. The molecular weight excluding hydrogens is 200 g/mol. The molecule has 1 unspecified atom stereocenters. The van der Waals surface area contributed by atoms with Gasteiger partial charge in [0.1, 0.15) is 0 Å². The zero-order valence-electron chi connectivity index (χ0n) is 10.7. The summed E-state index contributed by atoms with van der Waals surface area (Å²) >= 11 is 0. The molecule has 1 heterocycles. The Kier molecular flexibility index (Phi) is 6.46. The van der Waals surface area contributed by atoms with E-state index < -0.39 is 0 Å². The second-order valence-electron chi connectivity index (χ2n) is 4.78. The maximum atomic E-state index is 12.0. The average molecular weight is 226 g/mol. The van der Waals surface area contributed by atoms with Crippen LogP contribution in [0.25, 0.3) is 0 Å². The lowest BCUT2D eigenvalue weighted by Crippen LogP contribution is -2.44. The van der Waals surface area contributed by atoms with Crippen molar-refractivity contribution in [1.82, 2.24) is 10.6 Å². The molecule has 1 aliphatic rings. The summed E-state index contributed by atoms with van der Waals surface area (Å²) in [4.78, 5) is 12.0. The van der Waals surface area contributed by atoms with Crippen LogP contribution in [0.4, 0.5) is 0 Å². The molecule has 0 spiro atoms. The van der Waals surface area contributed by atoms with Gasteiger partial charge in [-0.05, 0) is 38.8 Å². The zero-order valence-corrected chi connectivity index (χ0v) is 10.7. The molecule has 1 aliphatic heterocycles. The number of hydrogen-bond acceptors (Lipinski definition) is 2. The standard InChI is InChI=1S/C13H26N2O/c1-3-5-6-11(4-2)13(16)15-12-7-9-14-10-8-12/h11-12,14H,3-10H2,1-2H3,(H,15,16). The van der Waals surface area contributed by atoms with Crippen LogP contribution in [0, 0.1) is 5.92 Å². The number of hydrogen-bond donors (Lipinski definition) is 2. The van der Waals surface area contributed by atoms with Crippen LogP contribution in [0.1, 0.15) is 52.4 Å². The largest absolute Gasteiger partial charge is 0.353 e. The van der Waals surface area contributed by atoms with E-state index in [1.165, 1.54) is 6.42 Å². The van der Waals surface area contributed by atoms with Gasteiger partial charge in [0.05, 0.1) is 0 Å². The van der Waals surface area contributed by atoms with Crippen LogP contribution < -0.4 is 10.6 Å². The number of nitrogens with one attached hydrogen (secondary N) is 2. The Labute approximate surface area is 99.4 Å². The molecule has 3 nitrogen and oxygen atoms in total. The first kappa shape index (κ1) is 13.5. The van der Waals surface area contributed by atoms with Gasteiger partial charge >= 0.3 is 0 Å². The van der Waals surface area contributed by atoms with Gasteiger partial charge in [0.25, 0.3) is 0 Å². The Bertz CT molecular complexity index is 200. The molecule has 3 heteroatoms. The van der Waals surface area contributed by atoms with E-state index in [-0.39, 0.29) is 11.8 Å². The SMILES string of the molecule is CCCCC(CC)C(=O)NC1CCNCC1. The summed E-state index contributed by atoms with van der Waals surface area (Å²) < 4.78 is 0. The van der Waals surface area contributed by atoms with Crippen molar-refractivity contribution in [3.05, 3.63) is 0 Å². The monoisotopic (exact) mass is 226 g/mol. The number of carbonyl (C=O) groups is 1. The summed E-state index contributed by atoms with van der Waals surface area (Å²) in [6, 6.07) is 0.407. The highest BCUT2D eigenvalue weighted by Gasteiger charge is 2.20. The predicted octanol–water partition coefficient (Wildman–Crippen LogP) is 2.07. The first-order chi connectivity index (χ1) is 7.77. The molecule has 0 aromatic rings. The van der Waals surface area contributed by atoms with Gasteiger partial charge in [-0.15, -0.1) is 0 Å². The lowest BCUT2D eigenvalue weighted by atomic mass is 9.97. The minimum atomic E-state index is 0.231. The van der Waals surface area contributed by atoms with E-state index in [2.05, 4.69) is 24.5 Å². The minimum Gasteiger partial charge on any atom is -0.353 e. The van der Waals surface area contributed by atoms with E-state index in [0.29, 0.717) is 6.04 Å². The maximum Gasteiger partial charge on any atom is 0.223 e. The molecule has 0 radical (unpaired) electrons. The first-order valence-electron chi connectivity index (χ1n) is 6.79. The lowest BCUT2D eigenvalue weighted by molar-refractivity contribution is -0.126. The third-order valence-corrected chi connectivity index (χ3v) is 3.46. The molecule has 2 N–H and O–H groups in total. The van der Waals surface area contributed by atoms with E-state index in [1.807, 2.05) is 0 Å². The van der Waals surface area contributed by atoms with E-state index in [1.54, 1.807) is 0 Å². The van der Waals surface area contributed by atoms with E-state index >= 15 is 0 Å². The number of rotatable bonds is 6. The second-order valence-corrected chi connectivity index (χ2v) is 4.78. The second kappa shape index (κ2) is 7.66. The fourth-order valence-electron chi connectivity index (χ4n) is 2.26. The predicted molar refractivity (Wildman–Crippen MR) is 67.3 cm³/mol.